The van der Waals surface area contributed by atoms with E-state index in [2.05, 4.69) is 5.32 Å². The summed E-state index contributed by atoms with van der Waals surface area (Å²) in [5.74, 6) is -3.77. The molecule has 2 aromatic rings. The second-order valence-corrected chi connectivity index (χ2v) is 13.8. The van der Waals surface area contributed by atoms with Gasteiger partial charge in [0.1, 0.15) is 23.7 Å². The molecule has 1 spiro atoms. The molecule has 0 saturated carbocycles. The van der Waals surface area contributed by atoms with E-state index in [-0.39, 0.29) is 24.8 Å². The molecule has 2 N–H and O–H groups in total. The van der Waals surface area contributed by atoms with E-state index < -0.39 is 71.8 Å². The van der Waals surface area contributed by atoms with Crippen LogP contribution in [0.15, 0.2) is 85.0 Å². The summed E-state index contributed by atoms with van der Waals surface area (Å²) in [4.78, 5) is 60.0. The van der Waals surface area contributed by atoms with Crippen LogP contribution < -0.4 is 5.32 Å². The van der Waals surface area contributed by atoms with Crippen LogP contribution in [0, 0.1) is 11.8 Å². The maximum atomic E-state index is 14.9. The lowest BCUT2D eigenvalue weighted by atomic mass is 9.74. The first-order valence-electron chi connectivity index (χ1n) is 16.3. The molecule has 248 valence electrons. The number of carbonyl (C=O) groups excluding carboxylic acids is 4. The lowest BCUT2D eigenvalue weighted by Gasteiger charge is -2.43. The number of fused-ring (bicyclic) bond motifs is 2. The Bertz CT molecular complexity index is 1570. The maximum Gasteiger partial charge on any atom is 0.313 e. The Morgan fingerprint density at radius 3 is 2.32 bits per heavy atom. The maximum absolute atomic E-state index is 14.9. The third kappa shape index (κ3) is 5.78. The molecule has 8 atom stereocenters. The van der Waals surface area contributed by atoms with Crippen LogP contribution in [0.4, 0.5) is 0 Å². The number of esters is 1. The van der Waals surface area contributed by atoms with Crippen LogP contribution in [0.3, 0.4) is 0 Å². The predicted octanol–water partition coefficient (Wildman–Crippen LogP) is 3.64. The van der Waals surface area contributed by atoms with Crippen molar-refractivity contribution in [2.75, 3.05) is 13.2 Å². The van der Waals surface area contributed by atoms with Crippen molar-refractivity contribution >= 4 is 23.7 Å². The standard InChI is InChI=1S/C37H43N3O7/c1-23-31(25-16-10-6-11-17-25)46-35(45)29-27-19-20-37(47-27)30(29)33(43)40(26(22-41)24-14-8-5-9-15-24)32(37)34(44)39(36(2,3)4)21-13-7-12-18-28(42)38-23/h5-11,13-17,19-20,23,26-27,29-32,41H,12,18,21-22H2,1-4H3,(H,38,42)/b13-7-/t23-,26-,27+,29-,30-,31+,32+,37-/m1/s1. The van der Waals surface area contributed by atoms with Gasteiger partial charge in [-0.1, -0.05) is 85.0 Å². The molecule has 2 aromatic carbocycles. The smallest absolute Gasteiger partial charge is 0.313 e. The quantitative estimate of drug-likeness (QED) is 0.386. The number of ether oxygens (including phenoxy) is 2. The first-order chi connectivity index (χ1) is 22.5. The Balaban J connectivity index is 1.48. The molecule has 47 heavy (non-hydrogen) atoms. The lowest BCUT2D eigenvalue weighted by Crippen LogP contribution is -2.60. The number of likely N-dealkylation sites (tertiary alicyclic amines) is 1. The summed E-state index contributed by atoms with van der Waals surface area (Å²) >= 11 is 0. The third-order valence-electron chi connectivity index (χ3n) is 9.79. The lowest BCUT2D eigenvalue weighted by molar-refractivity contribution is -0.162. The molecule has 10 nitrogen and oxygen atoms in total. The van der Waals surface area contributed by atoms with Crippen LogP contribution in [0.2, 0.25) is 0 Å². The number of rotatable bonds is 4. The van der Waals surface area contributed by atoms with Gasteiger partial charge in [0.2, 0.25) is 17.7 Å². The van der Waals surface area contributed by atoms with Crippen LogP contribution in [0.5, 0.6) is 0 Å². The van der Waals surface area contributed by atoms with Gasteiger partial charge in [-0.15, -0.1) is 0 Å². The van der Waals surface area contributed by atoms with Crippen molar-refractivity contribution in [3.8, 4) is 0 Å². The van der Waals surface area contributed by atoms with Crippen LogP contribution in [-0.4, -0.2) is 81.1 Å². The topological polar surface area (TPSA) is 125 Å². The number of nitrogens with zero attached hydrogens (tertiary/aromatic N) is 2. The van der Waals surface area contributed by atoms with E-state index in [1.165, 1.54) is 4.90 Å². The van der Waals surface area contributed by atoms with Crippen LogP contribution >= 0.6 is 0 Å². The zero-order valence-electron chi connectivity index (χ0n) is 27.2. The van der Waals surface area contributed by atoms with Gasteiger partial charge in [-0.2, -0.15) is 0 Å². The van der Waals surface area contributed by atoms with Gasteiger partial charge in [-0.25, -0.2) is 0 Å². The molecule has 6 rings (SSSR count). The Hall–Kier alpha value is -4.28. The zero-order chi connectivity index (χ0) is 33.5. The van der Waals surface area contributed by atoms with Gasteiger partial charge in [0.05, 0.1) is 30.7 Å². The predicted molar refractivity (Wildman–Crippen MR) is 173 cm³/mol. The van der Waals surface area contributed by atoms with Crippen LogP contribution in [0.1, 0.15) is 63.8 Å². The third-order valence-corrected chi connectivity index (χ3v) is 9.79. The number of cyclic esters (lactones) is 1. The first kappa shape index (κ1) is 32.7. The van der Waals surface area contributed by atoms with Gasteiger partial charge in [0.25, 0.3) is 0 Å². The first-order valence-corrected chi connectivity index (χ1v) is 16.3. The highest BCUT2D eigenvalue weighted by molar-refractivity contribution is 5.99. The summed E-state index contributed by atoms with van der Waals surface area (Å²) < 4.78 is 12.8. The molecule has 10 heteroatoms. The number of carbonyl (C=O) groups is 4. The number of allylic oxidation sites excluding steroid dienone is 1. The van der Waals surface area contributed by atoms with E-state index in [0.717, 1.165) is 0 Å². The molecule has 3 amide bonds. The Kier molecular flexibility index (Phi) is 8.84. The summed E-state index contributed by atoms with van der Waals surface area (Å²) in [6, 6.07) is 15.7. The van der Waals surface area contributed by atoms with E-state index in [1.54, 1.807) is 24.0 Å². The molecule has 0 unspecified atom stereocenters. The molecule has 4 heterocycles. The molecule has 4 aliphatic rings. The second kappa shape index (κ2) is 12.7. The van der Waals surface area contributed by atoms with Crippen molar-refractivity contribution < 1.29 is 33.8 Å². The van der Waals surface area contributed by atoms with Gasteiger partial charge in [0, 0.05) is 18.5 Å². The van der Waals surface area contributed by atoms with Crippen LogP contribution in [0.25, 0.3) is 0 Å². The highest BCUT2D eigenvalue weighted by Gasteiger charge is 2.74. The molecule has 4 aliphatic heterocycles. The van der Waals surface area contributed by atoms with E-state index in [4.69, 9.17) is 9.47 Å². The van der Waals surface area contributed by atoms with Gasteiger partial charge in [-0.05, 0) is 45.2 Å². The van der Waals surface area contributed by atoms with E-state index in [1.807, 2.05) is 93.6 Å². The largest absolute Gasteiger partial charge is 0.455 e. The van der Waals surface area contributed by atoms with E-state index in [0.29, 0.717) is 17.5 Å². The van der Waals surface area contributed by atoms with Crippen molar-refractivity contribution in [2.24, 2.45) is 11.8 Å². The van der Waals surface area contributed by atoms with Gasteiger partial charge in [0.15, 0.2) is 0 Å². The van der Waals surface area contributed by atoms with Crippen molar-refractivity contribution in [1.29, 1.82) is 0 Å². The fourth-order valence-corrected chi connectivity index (χ4v) is 7.58. The fourth-order valence-electron chi connectivity index (χ4n) is 7.58. The molecular weight excluding hydrogens is 598 g/mol. The minimum atomic E-state index is -1.45. The summed E-state index contributed by atoms with van der Waals surface area (Å²) in [6.07, 6.45) is 6.26. The van der Waals surface area contributed by atoms with Gasteiger partial charge < -0.3 is 29.7 Å². The summed E-state index contributed by atoms with van der Waals surface area (Å²) in [5, 5.41) is 13.8. The minimum absolute atomic E-state index is 0.196. The van der Waals surface area contributed by atoms with Crippen molar-refractivity contribution in [3.63, 3.8) is 0 Å². The number of nitrogens with one attached hydrogen (secondary N) is 1. The SMILES string of the molecule is C[C@H]1NC(=O)CC/C=C\CN(C(C)(C)C)C(=O)[C@@H]2N([C@H](CO)c3ccccc3)C(=O)[C@H]3[C@H](C(=O)O[C@@H]1c1ccccc1)[C@@H]1C=C[C@]23O1. The highest BCUT2D eigenvalue weighted by Crippen LogP contribution is 2.57. The number of benzene rings is 2. The van der Waals surface area contributed by atoms with E-state index >= 15 is 0 Å². The average molecular weight is 642 g/mol. The van der Waals surface area contributed by atoms with Crippen LogP contribution in [-0.2, 0) is 28.7 Å². The Morgan fingerprint density at radius 2 is 1.66 bits per heavy atom. The molecule has 0 aromatic heterocycles. The molecular formula is C37H43N3O7. The fraction of sp³-hybridized carbons (Fsp3) is 0.459. The van der Waals surface area contributed by atoms with Crippen molar-refractivity contribution in [1.82, 2.24) is 15.1 Å². The van der Waals surface area contributed by atoms with Crippen molar-refractivity contribution in [2.45, 2.75) is 82.0 Å². The highest BCUT2D eigenvalue weighted by atomic mass is 16.6. The molecule has 0 radical (unpaired) electrons. The molecule has 2 fully saturated rings. The zero-order valence-corrected chi connectivity index (χ0v) is 27.2. The summed E-state index contributed by atoms with van der Waals surface area (Å²) in [7, 11) is 0. The Morgan fingerprint density at radius 1 is 0.979 bits per heavy atom. The number of hydrogen-bond acceptors (Lipinski definition) is 7. The number of aliphatic hydroxyl groups excluding tert-OH is 1. The minimum Gasteiger partial charge on any atom is -0.455 e. The Labute approximate surface area is 275 Å². The molecule has 0 aliphatic carbocycles. The number of hydrogen-bond donors (Lipinski definition) is 2. The van der Waals surface area contributed by atoms with Gasteiger partial charge >= 0.3 is 5.97 Å². The second-order valence-electron chi connectivity index (χ2n) is 13.8. The number of aliphatic hydroxyl groups is 1. The molecule has 5 bridgehead atoms. The van der Waals surface area contributed by atoms with E-state index in [9.17, 15) is 24.3 Å². The molecule has 2 saturated heterocycles. The van der Waals surface area contributed by atoms with Gasteiger partial charge in [-0.3, -0.25) is 19.2 Å². The summed E-state index contributed by atoms with van der Waals surface area (Å²) in [6.45, 7) is 7.33. The normalized spacial score (nSPS) is 32.6. The number of amides is 3. The van der Waals surface area contributed by atoms with Crippen molar-refractivity contribution in [3.05, 3.63) is 96.1 Å². The average Bonchev–Trinajstić information content (AvgIpc) is 3.69. The monoisotopic (exact) mass is 641 g/mol. The summed E-state index contributed by atoms with van der Waals surface area (Å²) in [5.41, 5.74) is -0.760.